The number of nitrogens with zero attached hydrogens (tertiary/aromatic N) is 2. The fraction of sp³-hybridized carbons (Fsp3) is 0.265. The second-order valence-corrected chi connectivity index (χ2v) is 11.3. The number of halogens is 2. The van der Waals surface area contributed by atoms with Gasteiger partial charge in [0.25, 0.3) is 5.91 Å². The standard InChI is InChI=1S/C34H33Cl2N3O3/c1-2-18-37-33(41)30(21-23-9-4-3-5-10-23)39(22-24-16-17-27(35)28(36)20-24)31(40)15-8-19-38-29-14-7-12-25-11-6-13-26(32(25)29)34(38)42/h3-7,9-14,16-17,20,30H,2,8,15,18-19,21-22H2,1H3,(H,37,41). The van der Waals surface area contributed by atoms with E-state index in [0.717, 1.165) is 34.0 Å². The summed E-state index contributed by atoms with van der Waals surface area (Å²) in [7, 11) is 0. The molecule has 0 saturated carbocycles. The number of hydrogen-bond donors (Lipinski definition) is 1. The van der Waals surface area contributed by atoms with Crippen LogP contribution in [0.2, 0.25) is 10.0 Å². The van der Waals surface area contributed by atoms with E-state index in [9.17, 15) is 14.4 Å². The highest BCUT2D eigenvalue weighted by Gasteiger charge is 2.32. The molecule has 0 bridgehead atoms. The van der Waals surface area contributed by atoms with Gasteiger partial charge in [-0.05, 0) is 53.6 Å². The van der Waals surface area contributed by atoms with Gasteiger partial charge < -0.3 is 15.1 Å². The lowest BCUT2D eigenvalue weighted by atomic mass is 10.0. The second kappa shape index (κ2) is 13.4. The van der Waals surface area contributed by atoms with Crippen LogP contribution < -0.4 is 10.2 Å². The van der Waals surface area contributed by atoms with Gasteiger partial charge in [0, 0.05) is 43.4 Å². The monoisotopic (exact) mass is 601 g/mol. The first-order valence-electron chi connectivity index (χ1n) is 14.3. The highest BCUT2D eigenvalue weighted by Crippen LogP contribution is 2.37. The first kappa shape index (κ1) is 29.6. The average Bonchev–Trinajstić information content (AvgIpc) is 3.28. The molecule has 42 heavy (non-hydrogen) atoms. The van der Waals surface area contributed by atoms with Gasteiger partial charge in [0.05, 0.1) is 15.7 Å². The Morgan fingerprint density at radius 2 is 1.67 bits per heavy atom. The number of amides is 3. The van der Waals surface area contributed by atoms with Crippen molar-refractivity contribution in [1.82, 2.24) is 10.2 Å². The lowest BCUT2D eigenvalue weighted by molar-refractivity contribution is -0.141. The molecule has 1 unspecified atom stereocenters. The van der Waals surface area contributed by atoms with E-state index in [0.29, 0.717) is 41.5 Å². The molecule has 0 saturated heterocycles. The zero-order chi connectivity index (χ0) is 29.6. The van der Waals surface area contributed by atoms with Crippen molar-refractivity contribution >= 4 is 57.4 Å². The maximum absolute atomic E-state index is 14.0. The van der Waals surface area contributed by atoms with Gasteiger partial charge in [-0.25, -0.2) is 0 Å². The molecule has 1 aliphatic heterocycles. The molecule has 216 valence electrons. The summed E-state index contributed by atoms with van der Waals surface area (Å²) >= 11 is 12.5. The average molecular weight is 603 g/mol. The summed E-state index contributed by atoms with van der Waals surface area (Å²) in [5.74, 6) is -0.426. The van der Waals surface area contributed by atoms with Crippen LogP contribution in [0.1, 0.15) is 47.7 Å². The molecule has 4 aromatic carbocycles. The predicted octanol–water partition coefficient (Wildman–Crippen LogP) is 7.05. The number of benzene rings is 4. The quantitative estimate of drug-likeness (QED) is 0.189. The molecule has 5 rings (SSSR count). The van der Waals surface area contributed by atoms with Crippen molar-refractivity contribution in [3.8, 4) is 0 Å². The van der Waals surface area contributed by atoms with E-state index < -0.39 is 6.04 Å². The maximum atomic E-state index is 14.0. The zero-order valence-corrected chi connectivity index (χ0v) is 25.0. The van der Waals surface area contributed by atoms with Gasteiger partial charge in [-0.15, -0.1) is 0 Å². The van der Waals surface area contributed by atoms with Crippen molar-refractivity contribution in [1.29, 1.82) is 0 Å². The molecule has 1 N–H and O–H groups in total. The maximum Gasteiger partial charge on any atom is 0.258 e. The van der Waals surface area contributed by atoms with Crippen molar-refractivity contribution in [2.24, 2.45) is 0 Å². The third-order valence-electron chi connectivity index (χ3n) is 7.58. The molecule has 0 radical (unpaired) electrons. The number of hydrogen-bond acceptors (Lipinski definition) is 3. The van der Waals surface area contributed by atoms with E-state index in [1.807, 2.05) is 79.7 Å². The Balaban J connectivity index is 1.38. The highest BCUT2D eigenvalue weighted by molar-refractivity contribution is 6.42. The summed E-state index contributed by atoms with van der Waals surface area (Å²) in [5, 5.41) is 5.77. The lowest BCUT2D eigenvalue weighted by Crippen LogP contribution is -2.50. The number of nitrogens with one attached hydrogen (secondary N) is 1. The zero-order valence-electron chi connectivity index (χ0n) is 23.5. The Morgan fingerprint density at radius 3 is 2.40 bits per heavy atom. The van der Waals surface area contributed by atoms with Gasteiger partial charge in [-0.1, -0.05) is 90.8 Å². The predicted molar refractivity (Wildman–Crippen MR) is 169 cm³/mol. The first-order valence-corrected chi connectivity index (χ1v) is 15.0. The molecule has 1 heterocycles. The number of carbonyl (C=O) groups is 3. The Morgan fingerprint density at radius 1 is 0.905 bits per heavy atom. The van der Waals surface area contributed by atoms with Crippen LogP contribution in [0.4, 0.5) is 5.69 Å². The van der Waals surface area contributed by atoms with Gasteiger partial charge in [-0.2, -0.15) is 0 Å². The van der Waals surface area contributed by atoms with Crippen LogP contribution in [-0.4, -0.2) is 41.8 Å². The molecular weight excluding hydrogens is 569 g/mol. The Bertz CT molecular complexity index is 1600. The Labute approximate surface area is 256 Å². The van der Waals surface area contributed by atoms with Crippen LogP contribution in [0.5, 0.6) is 0 Å². The molecule has 0 fully saturated rings. The number of carbonyl (C=O) groups excluding carboxylic acids is 3. The largest absolute Gasteiger partial charge is 0.354 e. The van der Waals surface area contributed by atoms with Gasteiger partial charge in [0.15, 0.2) is 0 Å². The highest BCUT2D eigenvalue weighted by atomic mass is 35.5. The minimum absolute atomic E-state index is 0.0530. The number of anilines is 1. The summed E-state index contributed by atoms with van der Waals surface area (Å²) in [6, 6.07) is 25.8. The number of rotatable bonds is 12. The second-order valence-electron chi connectivity index (χ2n) is 10.5. The molecule has 0 aromatic heterocycles. The summed E-state index contributed by atoms with van der Waals surface area (Å²) in [5.41, 5.74) is 3.28. The minimum Gasteiger partial charge on any atom is -0.354 e. The van der Waals surface area contributed by atoms with Gasteiger partial charge in [0.1, 0.15) is 6.04 Å². The fourth-order valence-electron chi connectivity index (χ4n) is 5.49. The molecule has 6 nitrogen and oxygen atoms in total. The Kier molecular flexibility index (Phi) is 9.45. The molecule has 8 heteroatoms. The molecule has 3 amide bonds. The van der Waals surface area contributed by atoms with Crippen molar-refractivity contribution in [2.75, 3.05) is 18.0 Å². The van der Waals surface area contributed by atoms with Crippen molar-refractivity contribution < 1.29 is 14.4 Å². The first-order chi connectivity index (χ1) is 20.4. The third kappa shape index (κ3) is 6.45. The van der Waals surface area contributed by atoms with E-state index in [-0.39, 0.29) is 30.7 Å². The fourth-order valence-corrected chi connectivity index (χ4v) is 5.81. The van der Waals surface area contributed by atoms with E-state index >= 15 is 0 Å². The van der Waals surface area contributed by atoms with Crippen LogP contribution in [0.3, 0.4) is 0 Å². The lowest BCUT2D eigenvalue weighted by Gasteiger charge is -2.32. The summed E-state index contributed by atoms with van der Waals surface area (Å²) in [6.07, 6.45) is 1.76. The van der Waals surface area contributed by atoms with E-state index in [1.54, 1.807) is 21.9 Å². The molecule has 4 aromatic rings. The molecule has 0 aliphatic carbocycles. The van der Waals surface area contributed by atoms with Crippen molar-refractivity contribution in [3.05, 3.63) is 112 Å². The van der Waals surface area contributed by atoms with Crippen molar-refractivity contribution in [2.45, 2.75) is 45.2 Å². The van der Waals surface area contributed by atoms with Crippen LogP contribution >= 0.6 is 23.2 Å². The van der Waals surface area contributed by atoms with E-state index in [1.165, 1.54) is 0 Å². The van der Waals surface area contributed by atoms with Crippen LogP contribution in [0.15, 0.2) is 84.9 Å². The van der Waals surface area contributed by atoms with Gasteiger partial charge in [-0.3, -0.25) is 14.4 Å². The minimum atomic E-state index is -0.729. The SMILES string of the molecule is CCCNC(=O)C(Cc1ccccc1)N(Cc1ccc(Cl)c(Cl)c1)C(=O)CCCN1C(=O)c2cccc3cccc1c23. The summed E-state index contributed by atoms with van der Waals surface area (Å²) in [4.78, 5) is 44.1. The van der Waals surface area contributed by atoms with Crippen molar-refractivity contribution in [3.63, 3.8) is 0 Å². The summed E-state index contributed by atoms with van der Waals surface area (Å²) in [6.45, 7) is 3.09. The molecule has 0 spiro atoms. The Hall–Kier alpha value is -3.87. The van der Waals surface area contributed by atoms with Gasteiger partial charge >= 0.3 is 0 Å². The molecular formula is C34H33Cl2N3O3. The van der Waals surface area contributed by atoms with E-state index in [4.69, 9.17) is 23.2 Å². The van der Waals surface area contributed by atoms with Gasteiger partial charge in [0.2, 0.25) is 11.8 Å². The van der Waals surface area contributed by atoms with Crippen LogP contribution in [0.25, 0.3) is 10.8 Å². The smallest absolute Gasteiger partial charge is 0.258 e. The normalized spacial score (nSPS) is 12.9. The molecule has 1 aliphatic rings. The topological polar surface area (TPSA) is 69.7 Å². The molecule has 1 atom stereocenters. The summed E-state index contributed by atoms with van der Waals surface area (Å²) < 4.78 is 0. The third-order valence-corrected chi connectivity index (χ3v) is 8.32. The van der Waals surface area contributed by atoms with Crippen LogP contribution in [-0.2, 0) is 22.6 Å². The van der Waals surface area contributed by atoms with E-state index in [2.05, 4.69) is 5.32 Å². The van der Waals surface area contributed by atoms with Crippen LogP contribution in [0, 0.1) is 0 Å².